The molecular formula is C36H50N4O4. The van der Waals surface area contributed by atoms with Crippen molar-refractivity contribution < 1.29 is 19.1 Å². The number of carbonyl (C=O) groups excluding carboxylic acids is 2. The fourth-order valence-electron chi connectivity index (χ4n) is 7.00. The van der Waals surface area contributed by atoms with Crippen molar-refractivity contribution in [2.45, 2.75) is 71.3 Å². The molecule has 1 N–H and O–H groups in total. The van der Waals surface area contributed by atoms with Crippen LogP contribution in [0.5, 0.6) is 11.5 Å². The van der Waals surface area contributed by atoms with Crippen LogP contribution >= 0.6 is 0 Å². The third kappa shape index (κ3) is 6.60. The number of likely N-dealkylation sites (tertiary alicyclic amines) is 2. The lowest BCUT2D eigenvalue weighted by Crippen LogP contribution is -2.49. The predicted octanol–water partition coefficient (Wildman–Crippen LogP) is 6.26. The molecule has 3 heterocycles. The number of rotatable bonds is 9. The molecule has 2 amide bonds. The van der Waals surface area contributed by atoms with E-state index in [1.54, 1.807) is 14.2 Å². The van der Waals surface area contributed by atoms with Crippen LogP contribution in [0.15, 0.2) is 36.4 Å². The van der Waals surface area contributed by atoms with Gasteiger partial charge in [-0.2, -0.15) is 0 Å². The van der Waals surface area contributed by atoms with E-state index in [0.29, 0.717) is 30.7 Å². The highest BCUT2D eigenvalue weighted by molar-refractivity contribution is 5.92. The summed E-state index contributed by atoms with van der Waals surface area (Å²) in [5.41, 5.74) is 5.97. The summed E-state index contributed by atoms with van der Waals surface area (Å²) in [7, 11) is 5.21. The Morgan fingerprint density at radius 1 is 0.955 bits per heavy atom. The van der Waals surface area contributed by atoms with Gasteiger partial charge in [0.1, 0.15) is 0 Å². The van der Waals surface area contributed by atoms with Crippen LogP contribution < -0.4 is 9.47 Å². The molecule has 0 bridgehead atoms. The van der Waals surface area contributed by atoms with Crippen molar-refractivity contribution in [1.82, 2.24) is 19.7 Å². The van der Waals surface area contributed by atoms with Crippen LogP contribution in [0, 0.1) is 5.92 Å². The second kappa shape index (κ2) is 13.6. The topological polar surface area (TPSA) is 78.1 Å². The number of carbonyl (C=O) groups is 2. The molecule has 44 heavy (non-hydrogen) atoms. The molecule has 2 aliphatic heterocycles. The van der Waals surface area contributed by atoms with Gasteiger partial charge < -0.3 is 24.3 Å². The molecule has 2 aliphatic rings. The molecule has 0 saturated carbocycles. The molecule has 2 saturated heterocycles. The molecular weight excluding hydrogens is 552 g/mol. The Morgan fingerprint density at radius 3 is 2.34 bits per heavy atom. The largest absolute Gasteiger partial charge is 0.493 e. The summed E-state index contributed by atoms with van der Waals surface area (Å²) in [4.78, 5) is 36.0. The number of benzene rings is 2. The number of nitrogens with zero attached hydrogens (tertiary/aromatic N) is 3. The molecule has 0 unspecified atom stereocenters. The van der Waals surface area contributed by atoms with E-state index in [9.17, 15) is 9.59 Å². The van der Waals surface area contributed by atoms with Gasteiger partial charge in [-0.25, -0.2) is 0 Å². The average molecular weight is 603 g/mol. The van der Waals surface area contributed by atoms with E-state index in [1.807, 2.05) is 42.8 Å². The lowest BCUT2D eigenvalue weighted by Gasteiger charge is -2.37. The fraction of sp³-hybridized carbons (Fsp3) is 0.556. The lowest BCUT2D eigenvalue weighted by atomic mass is 9.87. The number of nitrogens with one attached hydrogen (secondary N) is 1. The number of aromatic amines is 1. The smallest absolute Gasteiger partial charge is 0.236 e. The second-order valence-electron chi connectivity index (χ2n) is 13.2. The zero-order chi connectivity index (χ0) is 31.5. The van der Waals surface area contributed by atoms with E-state index < -0.39 is 0 Å². The molecule has 2 aromatic carbocycles. The van der Waals surface area contributed by atoms with E-state index in [4.69, 9.17) is 9.47 Å². The van der Waals surface area contributed by atoms with Gasteiger partial charge in [0.05, 0.1) is 32.4 Å². The summed E-state index contributed by atoms with van der Waals surface area (Å²) in [6, 6.07) is 13.1. The third-order valence-electron chi connectivity index (χ3n) is 9.77. The monoisotopic (exact) mass is 602 g/mol. The molecule has 8 heteroatoms. The van der Waals surface area contributed by atoms with E-state index in [2.05, 4.69) is 48.0 Å². The van der Waals surface area contributed by atoms with Crippen LogP contribution in [0.25, 0.3) is 22.2 Å². The second-order valence-corrected chi connectivity index (χ2v) is 13.2. The van der Waals surface area contributed by atoms with E-state index in [1.165, 1.54) is 16.5 Å². The minimum atomic E-state index is -0.0129. The van der Waals surface area contributed by atoms with Crippen molar-refractivity contribution in [3.63, 3.8) is 0 Å². The number of ether oxygens (including phenoxy) is 2. The number of amides is 2. The fourth-order valence-corrected chi connectivity index (χ4v) is 7.00. The molecule has 0 spiro atoms. The van der Waals surface area contributed by atoms with Gasteiger partial charge in [-0.1, -0.05) is 19.9 Å². The zero-order valence-electron chi connectivity index (χ0n) is 27.6. The Bertz CT molecular complexity index is 1470. The highest BCUT2D eigenvalue weighted by Gasteiger charge is 2.31. The number of fused-ring (bicyclic) bond motifs is 1. The summed E-state index contributed by atoms with van der Waals surface area (Å²) in [6.07, 6.45) is 3.79. The number of hydrogen-bond acceptors (Lipinski definition) is 5. The van der Waals surface area contributed by atoms with E-state index in [0.717, 1.165) is 67.8 Å². The summed E-state index contributed by atoms with van der Waals surface area (Å²) in [5.74, 6) is 2.57. The Morgan fingerprint density at radius 2 is 1.68 bits per heavy atom. The summed E-state index contributed by atoms with van der Waals surface area (Å²) in [6.45, 7) is 12.1. The molecule has 8 nitrogen and oxygen atoms in total. The highest BCUT2D eigenvalue weighted by atomic mass is 16.5. The molecule has 3 aromatic rings. The van der Waals surface area contributed by atoms with Gasteiger partial charge >= 0.3 is 0 Å². The van der Waals surface area contributed by atoms with E-state index >= 15 is 0 Å². The van der Waals surface area contributed by atoms with Gasteiger partial charge in [0.25, 0.3) is 0 Å². The van der Waals surface area contributed by atoms with Crippen molar-refractivity contribution >= 4 is 22.7 Å². The molecule has 1 atom stereocenters. The van der Waals surface area contributed by atoms with Gasteiger partial charge in [-0.15, -0.1) is 0 Å². The number of H-pyrrole nitrogens is 1. The molecule has 5 rings (SSSR count). The SMILES string of the molecule is COc1ccc(-c2[nH]c3ccc(C4CCN(C(=O)CN5CCC[C@@H](C(=O)N(C)C(C)C)C5)CC4)cc3c2C(C)C)cc1OC. The van der Waals surface area contributed by atoms with E-state index in [-0.39, 0.29) is 23.8 Å². The molecule has 1 aromatic heterocycles. The van der Waals surface area contributed by atoms with Crippen LogP contribution in [0.3, 0.4) is 0 Å². The first-order valence-corrected chi connectivity index (χ1v) is 16.3. The molecule has 2 fully saturated rings. The summed E-state index contributed by atoms with van der Waals surface area (Å²) >= 11 is 0. The highest BCUT2D eigenvalue weighted by Crippen LogP contribution is 2.40. The van der Waals surface area contributed by atoms with Crippen molar-refractivity contribution in [2.75, 3.05) is 54.0 Å². The zero-order valence-corrected chi connectivity index (χ0v) is 27.6. The summed E-state index contributed by atoms with van der Waals surface area (Å²) < 4.78 is 11.0. The number of methoxy groups -OCH3 is 2. The van der Waals surface area contributed by atoms with Crippen LogP contribution in [0.4, 0.5) is 0 Å². The average Bonchev–Trinajstić information content (AvgIpc) is 3.43. The molecule has 0 aliphatic carbocycles. The minimum absolute atomic E-state index is 0.0129. The first-order valence-electron chi connectivity index (χ1n) is 16.3. The summed E-state index contributed by atoms with van der Waals surface area (Å²) in [5, 5.41) is 1.26. The number of aromatic nitrogens is 1. The van der Waals surface area contributed by atoms with Gasteiger partial charge in [-0.05, 0) is 99.4 Å². The predicted molar refractivity (Wildman–Crippen MR) is 177 cm³/mol. The van der Waals surface area contributed by atoms with Crippen molar-refractivity contribution in [3.8, 4) is 22.8 Å². The first kappa shape index (κ1) is 31.9. The Kier molecular flexibility index (Phi) is 9.88. The maximum Gasteiger partial charge on any atom is 0.236 e. The Labute approximate surface area is 262 Å². The standard InChI is InChI=1S/C36H50N4O4/c1-23(2)34-29-19-26(10-12-30(29)37-35(34)27-11-13-31(43-6)32(20-27)44-7)25-14-17-40(18-15-25)33(41)22-39-16-8-9-28(21-39)36(42)38(5)24(3)4/h10-13,19-20,23-25,28,37H,8-9,14-18,21-22H2,1-7H3/t28-/m1/s1. The van der Waals surface area contributed by atoms with Crippen molar-refractivity contribution in [3.05, 3.63) is 47.5 Å². The Hall–Kier alpha value is -3.52. The van der Waals surface area contributed by atoms with Crippen LogP contribution in [0.2, 0.25) is 0 Å². The number of hydrogen-bond donors (Lipinski definition) is 1. The minimum Gasteiger partial charge on any atom is -0.493 e. The molecule has 0 radical (unpaired) electrons. The van der Waals surface area contributed by atoms with Gasteiger partial charge in [0.15, 0.2) is 11.5 Å². The normalized spacial score (nSPS) is 18.3. The maximum atomic E-state index is 13.3. The molecule has 238 valence electrons. The van der Waals surface area contributed by atoms with Crippen LogP contribution in [-0.2, 0) is 9.59 Å². The first-order chi connectivity index (χ1) is 21.1. The third-order valence-corrected chi connectivity index (χ3v) is 9.77. The van der Waals surface area contributed by atoms with Crippen LogP contribution in [0.1, 0.15) is 76.3 Å². The quantitative estimate of drug-likeness (QED) is 0.313. The lowest BCUT2D eigenvalue weighted by molar-refractivity contribution is -0.140. The van der Waals surface area contributed by atoms with Gasteiger partial charge in [0, 0.05) is 49.2 Å². The van der Waals surface area contributed by atoms with Gasteiger partial charge in [-0.3, -0.25) is 14.5 Å². The maximum absolute atomic E-state index is 13.3. The number of piperidine rings is 2. The van der Waals surface area contributed by atoms with Gasteiger partial charge in [0.2, 0.25) is 11.8 Å². The van der Waals surface area contributed by atoms with Crippen molar-refractivity contribution in [2.24, 2.45) is 5.92 Å². The van der Waals surface area contributed by atoms with Crippen LogP contribution in [-0.4, -0.2) is 91.5 Å². The Balaban J connectivity index is 1.25. The van der Waals surface area contributed by atoms with Crippen molar-refractivity contribution in [1.29, 1.82) is 0 Å².